The minimum absolute atomic E-state index is 0.0535. The molecule has 0 radical (unpaired) electrons. The SMILES string of the molecule is CCC1CC2CC(C)C(C3c4ccc(-c5c6ccccc6c(-c6ccc7c(c6)C(C)(C)c6ccccc6-7)c6ccccc56)cc4-c4c3ccc3ccccc43)C(C1)C2. The van der Waals surface area contributed by atoms with E-state index in [-0.39, 0.29) is 5.41 Å². The molecular weight excluding hydrogens is 697 g/mol. The van der Waals surface area contributed by atoms with E-state index in [0.29, 0.717) is 11.8 Å². The van der Waals surface area contributed by atoms with Crippen LogP contribution < -0.4 is 0 Å². The molecule has 0 aromatic heterocycles. The van der Waals surface area contributed by atoms with Crippen molar-refractivity contribution in [2.24, 2.45) is 29.6 Å². The van der Waals surface area contributed by atoms with Crippen LogP contribution in [-0.4, -0.2) is 0 Å². The van der Waals surface area contributed by atoms with Gasteiger partial charge in [-0.2, -0.15) is 0 Å². The van der Waals surface area contributed by atoms with Crippen LogP contribution >= 0.6 is 0 Å². The quantitative estimate of drug-likeness (QED) is 0.157. The van der Waals surface area contributed by atoms with Crippen LogP contribution in [0.2, 0.25) is 0 Å². The summed E-state index contributed by atoms with van der Waals surface area (Å²) in [4.78, 5) is 0. The molecule has 0 nitrogen and oxygen atoms in total. The molecule has 58 heavy (non-hydrogen) atoms. The lowest BCUT2D eigenvalue weighted by molar-refractivity contribution is 0.0329. The standard InChI is InChI=1S/C58H52/c1-5-35-29-36-28-34(2)53(40(30-35)31-36)57-48-26-24-38(32-50(48)56-41-15-7-6-14-37(41)22-27-49(56)57)54-44-17-8-10-19-46(44)55(47-20-11-9-18-45(47)54)39-23-25-43-42-16-12-13-21-51(42)58(3,4)52(43)33-39/h6-27,32-36,40,53,57H,5,28-31H2,1-4H3. The third-order valence-corrected chi connectivity index (χ3v) is 15.9. The second-order valence-electron chi connectivity index (χ2n) is 19.2. The van der Waals surface area contributed by atoms with Crippen LogP contribution in [0.25, 0.3) is 76.8 Å². The minimum atomic E-state index is -0.0535. The molecule has 4 aliphatic carbocycles. The average molecular weight is 749 g/mol. The van der Waals surface area contributed by atoms with E-state index in [1.807, 2.05) is 0 Å². The van der Waals surface area contributed by atoms with Crippen molar-refractivity contribution >= 4 is 32.3 Å². The fourth-order valence-corrected chi connectivity index (χ4v) is 13.4. The fourth-order valence-electron chi connectivity index (χ4n) is 13.4. The predicted octanol–water partition coefficient (Wildman–Crippen LogP) is 16.0. The van der Waals surface area contributed by atoms with E-state index in [1.165, 1.54) is 120 Å². The molecule has 0 N–H and O–H groups in total. The number of rotatable bonds is 4. The normalized spacial score (nSPS) is 23.8. The van der Waals surface area contributed by atoms with Crippen molar-refractivity contribution in [2.75, 3.05) is 0 Å². The van der Waals surface area contributed by atoms with Gasteiger partial charge in [-0.15, -0.1) is 0 Å². The lowest BCUT2D eigenvalue weighted by Crippen LogP contribution is -2.40. The Morgan fingerprint density at radius 1 is 0.500 bits per heavy atom. The topological polar surface area (TPSA) is 0 Å². The van der Waals surface area contributed by atoms with E-state index < -0.39 is 0 Å². The first-order valence-corrected chi connectivity index (χ1v) is 22.2. The molecule has 0 amide bonds. The molecule has 2 bridgehead atoms. The first kappa shape index (κ1) is 34.6. The smallest absolute Gasteiger partial charge is 0.0159 e. The van der Waals surface area contributed by atoms with Crippen molar-refractivity contribution in [2.45, 2.75) is 71.1 Å². The van der Waals surface area contributed by atoms with E-state index in [1.54, 1.807) is 11.1 Å². The lowest BCUT2D eigenvalue weighted by Gasteiger charge is -2.49. The highest BCUT2D eigenvalue weighted by atomic mass is 14.5. The van der Waals surface area contributed by atoms with Crippen LogP contribution in [0.1, 0.15) is 88.0 Å². The van der Waals surface area contributed by atoms with E-state index in [2.05, 4.69) is 173 Å². The zero-order chi connectivity index (χ0) is 38.9. The average Bonchev–Trinajstić information content (AvgIpc) is 3.70. The van der Waals surface area contributed by atoms with E-state index in [9.17, 15) is 0 Å². The maximum Gasteiger partial charge on any atom is 0.0159 e. The number of hydrogen-bond acceptors (Lipinski definition) is 0. The van der Waals surface area contributed by atoms with Gasteiger partial charge in [-0.05, 0) is 166 Å². The van der Waals surface area contributed by atoms with Crippen LogP contribution in [0.4, 0.5) is 0 Å². The van der Waals surface area contributed by atoms with Gasteiger partial charge in [0.1, 0.15) is 0 Å². The highest BCUT2D eigenvalue weighted by Gasteiger charge is 2.47. The molecule has 284 valence electrons. The Labute approximate surface area is 344 Å². The van der Waals surface area contributed by atoms with Crippen molar-refractivity contribution in [1.82, 2.24) is 0 Å². The van der Waals surface area contributed by atoms with Gasteiger partial charge in [0.05, 0.1) is 0 Å². The Hall–Kier alpha value is -5.46. The third kappa shape index (κ3) is 4.87. The summed E-state index contributed by atoms with van der Waals surface area (Å²) in [6.45, 7) is 9.82. The van der Waals surface area contributed by atoms with Crippen molar-refractivity contribution in [3.63, 3.8) is 0 Å². The summed E-state index contributed by atoms with van der Waals surface area (Å²) >= 11 is 0. The Balaban J connectivity index is 1.07. The summed E-state index contributed by atoms with van der Waals surface area (Å²) in [5.41, 5.74) is 16.9. The Bertz CT molecular complexity index is 2920. The molecule has 6 atom stereocenters. The summed E-state index contributed by atoms with van der Waals surface area (Å²) in [6.07, 6.45) is 7.02. The van der Waals surface area contributed by atoms with Crippen molar-refractivity contribution in [3.8, 4) is 44.5 Å². The molecule has 0 saturated heterocycles. The molecule has 0 aliphatic heterocycles. The summed E-state index contributed by atoms with van der Waals surface area (Å²) in [7, 11) is 0. The molecule has 0 heteroatoms. The summed E-state index contributed by atoms with van der Waals surface area (Å²) in [5.74, 6) is 4.48. The van der Waals surface area contributed by atoms with Crippen LogP contribution in [0, 0.1) is 29.6 Å². The van der Waals surface area contributed by atoms with E-state index >= 15 is 0 Å². The molecule has 2 fully saturated rings. The Morgan fingerprint density at radius 2 is 1.10 bits per heavy atom. The van der Waals surface area contributed by atoms with E-state index in [4.69, 9.17) is 0 Å². The van der Waals surface area contributed by atoms with E-state index in [0.717, 1.165) is 23.7 Å². The first-order chi connectivity index (χ1) is 28.4. The Kier molecular flexibility index (Phi) is 7.61. The zero-order valence-electron chi connectivity index (χ0n) is 34.4. The molecule has 8 aromatic rings. The monoisotopic (exact) mass is 748 g/mol. The van der Waals surface area contributed by atoms with Gasteiger partial charge < -0.3 is 0 Å². The number of fused-ring (bicyclic) bond motifs is 12. The lowest BCUT2D eigenvalue weighted by atomic mass is 9.55. The van der Waals surface area contributed by atoms with Crippen molar-refractivity contribution in [3.05, 3.63) is 168 Å². The van der Waals surface area contributed by atoms with Crippen molar-refractivity contribution < 1.29 is 0 Å². The molecule has 8 aromatic carbocycles. The van der Waals surface area contributed by atoms with Crippen LogP contribution in [0.15, 0.2) is 146 Å². The zero-order valence-corrected chi connectivity index (χ0v) is 34.4. The van der Waals surface area contributed by atoms with Crippen LogP contribution in [0.5, 0.6) is 0 Å². The second-order valence-corrected chi connectivity index (χ2v) is 19.2. The van der Waals surface area contributed by atoms with Crippen molar-refractivity contribution in [1.29, 1.82) is 0 Å². The molecule has 4 aliphatic rings. The fraction of sp³-hybridized carbons (Fsp3) is 0.276. The number of benzene rings is 8. The predicted molar refractivity (Wildman–Crippen MR) is 247 cm³/mol. The molecule has 0 heterocycles. The first-order valence-electron chi connectivity index (χ1n) is 22.2. The molecule has 6 unspecified atom stereocenters. The molecular formula is C58H52. The maximum absolute atomic E-state index is 2.61. The van der Waals surface area contributed by atoms with Gasteiger partial charge in [0.25, 0.3) is 0 Å². The third-order valence-electron chi connectivity index (χ3n) is 15.9. The van der Waals surface area contributed by atoms with Gasteiger partial charge in [0, 0.05) is 11.3 Å². The van der Waals surface area contributed by atoms with Crippen LogP contribution in [-0.2, 0) is 5.41 Å². The number of hydrogen-bond donors (Lipinski definition) is 0. The van der Waals surface area contributed by atoms with Gasteiger partial charge in [-0.1, -0.05) is 168 Å². The molecule has 0 spiro atoms. The minimum Gasteiger partial charge on any atom is -0.0651 e. The summed E-state index contributed by atoms with van der Waals surface area (Å²) in [6, 6.07) is 56.5. The van der Waals surface area contributed by atoms with Gasteiger partial charge in [-0.25, -0.2) is 0 Å². The largest absolute Gasteiger partial charge is 0.0651 e. The highest BCUT2D eigenvalue weighted by molar-refractivity contribution is 6.22. The molecule has 12 rings (SSSR count). The highest BCUT2D eigenvalue weighted by Crippen LogP contribution is 2.60. The molecule has 2 saturated carbocycles. The van der Waals surface area contributed by atoms with Gasteiger partial charge in [0.15, 0.2) is 0 Å². The van der Waals surface area contributed by atoms with Gasteiger partial charge in [-0.3, -0.25) is 0 Å². The maximum atomic E-state index is 2.61. The van der Waals surface area contributed by atoms with Crippen LogP contribution in [0.3, 0.4) is 0 Å². The summed E-state index contributed by atoms with van der Waals surface area (Å²) in [5, 5.41) is 8.05. The second kappa shape index (κ2) is 12.8. The van der Waals surface area contributed by atoms with Gasteiger partial charge >= 0.3 is 0 Å². The Morgan fingerprint density at radius 3 is 1.83 bits per heavy atom. The summed E-state index contributed by atoms with van der Waals surface area (Å²) < 4.78 is 0. The van der Waals surface area contributed by atoms with Gasteiger partial charge in [0.2, 0.25) is 0 Å².